The van der Waals surface area contributed by atoms with E-state index in [-0.39, 0.29) is 5.91 Å². The van der Waals surface area contributed by atoms with E-state index in [0.717, 1.165) is 26.6 Å². The lowest BCUT2D eigenvalue weighted by Gasteiger charge is -2.20. The largest absolute Gasteiger partial charge is 0.282 e. The topological polar surface area (TPSA) is 46.1 Å². The van der Waals surface area contributed by atoms with Gasteiger partial charge in [-0.15, -0.1) is 0 Å². The number of benzene rings is 2. The van der Waals surface area contributed by atoms with Crippen molar-refractivity contribution in [1.82, 2.24) is 9.97 Å². The van der Waals surface area contributed by atoms with E-state index in [9.17, 15) is 4.79 Å². The second kappa shape index (κ2) is 9.61. The molecular weight excluding hydrogens is 414 g/mol. The van der Waals surface area contributed by atoms with Crippen LogP contribution in [0.15, 0.2) is 66.9 Å². The van der Waals surface area contributed by atoms with Gasteiger partial charge in [-0.25, -0.2) is 4.98 Å². The van der Waals surface area contributed by atoms with Crippen LogP contribution in [0.1, 0.15) is 61.9 Å². The van der Waals surface area contributed by atoms with Gasteiger partial charge in [-0.05, 0) is 46.7 Å². The first-order valence-electron chi connectivity index (χ1n) is 11.1. The van der Waals surface area contributed by atoms with E-state index in [1.54, 1.807) is 22.4 Å². The predicted octanol–water partition coefficient (Wildman–Crippen LogP) is 6.71. The molecule has 4 rings (SSSR count). The summed E-state index contributed by atoms with van der Waals surface area (Å²) in [6.07, 6.45) is 2.09. The molecule has 164 valence electrons. The number of pyridine rings is 1. The zero-order valence-corrected chi connectivity index (χ0v) is 19.9. The minimum absolute atomic E-state index is 0.0260. The molecule has 0 N–H and O–H groups in total. The molecular formula is C27H29N3OS. The maximum absolute atomic E-state index is 13.5. The average Bonchev–Trinajstić information content (AvgIpc) is 3.22. The van der Waals surface area contributed by atoms with Crippen molar-refractivity contribution >= 4 is 32.6 Å². The van der Waals surface area contributed by atoms with Crippen LogP contribution < -0.4 is 4.90 Å². The molecule has 32 heavy (non-hydrogen) atoms. The first kappa shape index (κ1) is 22.2. The van der Waals surface area contributed by atoms with E-state index in [2.05, 4.69) is 75.1 Å². The number of anilines is 1. The van der Waals surface area contributed by atoms with Crippen LogP contribution in [0.2, 0.25) is 0 Å². The highest BCUT2D eigenvalue weighted by molar-refractivity contribution is 7.22. The molecule has 2 aromatic carbocycles. The van der Waals surface area contributed by atoms with Gasteiger partial charge in [0.25, 0.3) is 0 Å². The molecule has 0 bridgehead atoms. The standard InChI is InChI=1S/C27H29N3OS/c1-18(2)21-13-11-20(12-14-21)16-25(31)30(17-22-8-5-6-15-28-22)27-29-26-23(19(3)4)9-7-10-24(26)32-27/h5-15,18-19H,16-17H2,1-4H3. The molecule has 0 aliphatic carbocycles. The fraction of sp³-hybridized carbons (Fsp3) is 0.296. The van der Waals surface area contributed by atoms with Gasteiger partial charge in [0.05, 0.1) is 28.9 Å². The van der Waals surface area contributed by atoms with E-state index >= 15 is 0 Å². The van der Waals surface area contributed by atoms with E-state index in [0.29, 0.717) is 24.8 Å². The zero-order valence-electron chi connectivity index (χ0n) is 19.1. The Morgan fingerprint density at radius 1 is 0.938 bits per heavy atom. The number of thiazole rings is 1. The first-order valence-corrected chi connectivity index (χ1v) is 11.9. The third kappa shape index (κ3) is 4.89. The van der Waals surface area contributed by atoms with Gasteiger partial charge in [-0.2, -0.15) is 0 Å². The minimum atomic E-state index is 0.0260. The lowest BCUT2D eigenvalue weighted by Crippen LogP contribution is -2.32. The van der Waals surface area contributed by atoms with Gasteiger partial charge >= 0.3 is 0 Å². The van der Waals surface area contributed by atoms with Crippen molar-refractivity contribution in [3.05, 3.63) is 89.2 Å². The van der Waals surface area contributed by atoms with Crippen LogP contribution in [-0.4, -0.2) is 15.9 Å². The predicted molar refractivity (Wildman–Crippen MR) is 133 cm³/mol. The molecule has 1 amide bonds. The summed E-state index contributed by atoms with van der Waals surface area (Å²) in [5.41, 5.74) is 5.33. The number of para-hydroxylation sites is 1. The van der Waals surface area contributed by atoms with Crippen molar-refractivity contribution in [2.24, 2.45) is 0 Å². The summed E-state index contributed by atoms with van der Waals surface area (Å²) < 4.78 is 1.10. The summed E-state index contributed by atoms with van der Waals surface area (Å²) in [5, 5.41) is 0.725. The fourth-order valence-electron chi connectivity index (χ4n) is 3.75. The van der Waals surface area contributed by atoms with Crippen LogP contribution >= 0.6 is 11.3 Å². The Morgan fingerprint density at radius 2 is 1.72 bits per heavy atom. The van der Waals surface area contributed by atoms with Gasteiger partial charge in [-0.3, -0.25) is 14.7 Å². The first-order chi connectivity index (χ1) is 15.4. The van der Waals surface area contributed by atoms with Crippen LogP contribution in [0.3, 0.4) is 0 Å². The van der Waals surface area contributed by atoms with E-state index in [4.69, 9.17) is 4.98 Å². The lowest BCUT2D eigenvalue weighted by atomic mass is 10.0. The Morgan fingerprint density at radius 3 is 2.38 bits per heavy atom. The third-order valence-corrected chi connectivity index (χ3v) is 6.68. The number of carbonyl (C=O) groups is 1. The van der Waals surface area contributed by atoms with Crippen molar-refractivity contribution < 1.29 is 4.79 Å². The molecule has 4 nitrogen and oxygen atoms in total. The summed E-state index contributed by atoms with van der Waals surface area (Å²) in [4.78, 5) is 24.7. The molecule has 0 atom stereocenters. The van der Waals surface area contributed by atoms with Crippen LogP contribution in [-0.2, 0) is 17.8 Å². The summed E-state index contributed by atoms with van der Waals surface area (Å²) >= 11 is 1.57. The number of carbonyl (C=O) groups excluding carboxylic acids is 1. The van der Waals surface area contributed by atoms with Crippen molar-refractivity contribution in [3.8, 4) is 0 Å². The van der Waals surface area contributed by atoms with Crippen molar-refractivity contribution in [3.63, 3.8) is 0 Å². The van der Waals surface area contributed by atoms with Crippen molar-refractivity contribution in [2.45, 2.75) is 52.5 Å². The number of rotatable bonds is 7. The number of aromatic nitrogens is 2. The Hall–Kier alpha value is -3.05. The van der Waals surface area contributed by atoms with Gasteiger partial charge in [0.1, 0.15) is 0 Å². The summed E-state index contributed by atoms with van der Waals surface area (Å²) in [5.74, 6) is 0.865. The molecule has 0 spiro atoms. The fourth-order valence-corrected chi connectivity index (χ4v) is 4.76. The molecule has 0 aliphatic rings. The molecule has 0 fully saturated rings. The molecule has 2 aromatic heterocycles. The molecule has 0 radical (unpaired) electrons. The minimum Gasteiger partial charge on any atom is -0.282 e. The zero-order chi connectivity index (χ0) is 22.7. The summed E-state index contributed by atoms with van der Waals surface area (Å²) in [7, 11) is 0. The van der Waals surface area contributed by atoms with Gasteiger partial charge in [0.2, 0.25) is 5.91 Å². The third-order valence-electron chi connectivity index (χ3n) is 5.64. The second-order valence-corrected chi connectivity index (χ2v) is 9.73. The van der Waals surface area contributed by atoms with Crippen molar-refractivity contribution in [2.75, 3.05) is 4.90 Å². The van der Waals surface area contributed by atoms with E-state index in [1.807, 2.05) is 18.2 Å². The monoisotopic (exact) mass is 443 g/mol. The molecule has 4 aromatic rings. The van der Waals surface area contributed by atoms with Gasteiger partial charge in [0, 0.05) is 6.20 Å². The Labute approximate surface area is 194 Å². The average molecular weight is 444 g/mol. The number of hydrogen-bond donors (Lipinski definition) is 0. The summed E-state index contributed by atoms with van der Waals surface area (Å²) in [6, 6.07) is 20.4. The van der Waals surface area contributed by atoms with E-state index in [1.165, 1.54) is 11.1 Å². The number of hydrogen-bond acceptors (Lipinski definition) is 4. The highest BCUT2D eigenvalue weighted by atomic mass is 32.1. The van der Waals surface area contributed by atoms with Crippen LogP contribution in [0, 0.1) is 0 Å². The summed E-state index contributed by atoms with van der Waals surface area (Å²) in [6.45, 7) is 9.10. The SMILES string of the molecule is CC(C)c1ccc(CC(=O)N(Cc2ccccn2)c2nc3c(C(C)C)cccc3s2)cc1. The quantitative estimate of drug-likeness (QED) is 0.319. The number of amides is 1. The molecule has 2 heterocycles. The van der Waals surface area contributed by atoms with Crippen LogP contribution in [0.5, 0.6) is 0 Å². The highest BCUT2D eigenvalue weighted by Gasteiger charge is 2.22. The molecule has 0 saturated heterocycles. The smallest absolute Gasteiger partial charge is 0.233 e. The van der Waals surface area contributed by atoms with Gasteiger partial charge in [0.15, 0.2) is 5.13 Å². The maximum Gasteiger partial charge on any atom is 0.233 e. The van der Waals surface area contributed by atoms with Crippen molar-refractivity contribution in [1.29, 1.82) is 0 Å². The normalized spacial score (nSPS) is 11.4. The van der Waals surface area contributed by atoms with Gasteiger partial charge in [-0.1, -0.05) is 81.5 Å². The van der Waals surface area contributed by atoms with Crippen LogP contribution in [0.25, 0.3) is 10.2 Å². The van der Waals surface area contributed by atoms with Crippen LogP contribution in [0.4, 0.5) is 5.13 Å². The maximum atomic E-state index is 13.5. The Kier molecular flexibility index (Phi) is 6.66. The molecule has 0 unspecified atom stereocenters. The molecule has 5 heteroatoms. The Bertz CT molecular complexity index is 1200. The number of fused-ring (bicyclic) bond motifs is 1. The second-order valence-electron chi connectivity index (χ2n) is 8.72. The lowest BCUT2D eigenvalue weighted by molar-refractivity contribution is -0.118. The number of nitrogens with zero attached hydrogens (tertiary/aromatic N) is 3. The van der Waals surface area contributed by atoms with Gasteiger partial charge < -0.3 is 0 Å². The molecule has 0 aliphatic heterocycles. The highest BCUT2D eigenvalue weighted by Crippen LogP contribution is 2.34. The Balaban J connectivity index is 1.68. The molecule has 0 saturated carbocycles. The van der Waals surface area contributed by atoms with E-state index < -0.39 is 0 Å².